The SMILES string of the molecule is Cc1nc(Cn2c(C)c(CC(=O)O)c(C)nc2=O)cs1. The number of carboxylic acid groups (broad SMARTS) is 1. The molecule has 0 atom stereocenters. The fourth-order valence-corrected chi connectivity index (χ4v) is 2.68. The number of hydrogen-bond donors (Lipinski definition) is 1. The minimum atomic E-state index is -0.937. The molecule has 0 aromatic carbocycles. The average molecular weight is 293 g/mol. The van der Waals surface area contributed by atoms with Crippen LogP contribution in [0.25, 0.3) is 0 Å². The lowest BCUT2D eigenvalue weighted by atomic mass is 10.1. The predicted octanol–water partition coefficient (Wildman–Crippen LogP) is 1.30. The van der Waals surface area contributed by atoms with Crippen molar-refractivity contribution in [2.45, 2.75) is 33.7 Å². The molecule has 0 saturated heterocycles. The molecule has 106 valence electrons. The average Bonchev–Trinajstić information content (AvgIpc) is 2.75. The van der Waals surface area contributed by atoms with Crippen LogP contribution in [-0.2, 0) is 17.8 Å². The summed E-state index contributed by atoms with van der Waals surface area (Å²) in [5.41, 5.74) is 2.10. The normalized spacial score (nSPS) is 10.8. The Morgan fingerprint density at radius 1 is 1.35 bits per heavy atom. The summed E-state index contributed by atoms with van der Waals surface area (Å²) in [5.74, 6) is -0.937. The molecule has 2 aromatic rings. The van der Waals surface area contributed by atoms with Crippen molar-refractivity contribution in [1.29, 1.82) is 0 Å². The van der Waals surface area contributed by atoms with Gasteiger partial charge in [-0.25, -0.2) is 9.78 Å². The highest BCUT2D eigenvalue weighted by atomic mass is 32.1. The van der Waals surface area contributed by atoms with E-state index in [0.29, 0.717) is 23.5 Å². The molecule has 0 aliphatic heterocycles. The minimum Gasteiger partial charge on any atom is -0.481 e. The van der Waals surface area contributed by atoms with Gasteiger partial charge < -0.3 is 5.11 Å². The van der Waals surface area contributed by atoms with Gasteiger partial charge in [-0.15, -0.1) is 11.3 Å². The van der Waals surface area contributed by atoms with Crippen molar-refractivity contribution < 1.29 is 9.90 Å². The lowest BCUT2D eigenvalue weighted by Gasteiger charge is -2.13. The monoisotopic (exact) mass is 293 g/mol. The maximum absolute atomic E-state index is 12.0. The van der Waals surface area contributed by atoms with Crippen LogP contribution in [-0.4, -0.2) is 25.6 Å². The Balaban J connectivity index is 2.47. The van der Waals surface area contributed by atoms with E-state index in [4.69, 9.17) is 5.11 Å². The molecular formula is C13H15N3O3S. The van der Waals surface area contributed by atoms with Gasteiger partial charge in [-0.2, -0.15) is 4.98 Å². The Kier molecular flexibility index (Phi) is 3.99. The van der Waals surface area contributed by atoms with Crippen LogP contribution in [0.15, 0.2) is 10.2 Å². The molecule has 0 aliphatic rings. The van der Waals surface area contributed by atoms with E-state index in [1.165, 1.54) is 15.9 Å². The molecular weight excluding hydrogens is 278 g/mol. The van der Waals surface area contributed by atoms with Gasteiger partial charge in [0.2, 0.25) is 0 Å². The van der Waals surface area contributed by atoms with Crippen LogP contribution >= 0.6 is 11.3 Å². The fourth-order valence-electron chi connectivity index (χ4n) is 2.08. The molecule has 7 heteroatoms. The fraction of sp³-hybridized carbons (Fsp3) is 0.385. The van der Waals surface area contributed by atoms with Crippen LogP contribution in [0, 0.1) is 20.8 Å². The molecule has 0 unspecified atom stereocenters. The number of aryl methyl sites for hydroxylation is 2. The number of aliphatic carboxylic acids is 1. The summed E-state index contributed by atoms with van der Waals surface area (Å²) in [5, 5.41) is 11.8. The molecule has 0 amide bonds. The summed E-state index contributed by atoms with van der Waals surface area (Å²) in [6.07, 6.45) is -0.138. The molecule has 0 bridgehead atoms. The van der Waals surface area contributed by atoms with E-state index in [-0.39, 0.29) is 12.1 Å². The molecule has 0 fully saturated rings. The zero-order valence-corrected chi connectivity index (χ0v) is 12.3. The van der Waals surface area contributed by atoms with Crippen LogP contribution in [0.5, 0.6) is 0 Å². The molecule has 6 nitrogen and oxygen atoms in total. The number of hydrogen-bond acceptors (Lipinski definition) is 5. The van der Waals surface area contributed by atoms with Crippen LogP contribution in [0.2, 0.25) is 0 Å². The van der Waals surface area contributed by atoms with E-state index < -0.39 is 5.97 Å². The molecule has 20 heavy (non-hydrogen) atoms. The van der Waals surface area contributed by atoms with Crippen LogP contribution in [0.4, 0.5) is 0 Å². The van der Waals surface area contributed by atoms with Gasteiger partial charge in [-0.1, -0.05) is 0 Å². The lowest BCUT2D eigenvalue weighted by Crippen LogP contribution is -2.29. The first-order chi connectivity index (χ1) is 9.38. The molecule has 0 saturated carbocycles. The highest BCUT2D eigenvalue weighted by molar-refractivity contribution is 7.09. The van der Waals surface area contributed by atoms with E-state index in [1.807, 2.05) is 12.3 Å². The first-order valence-electron chi connectivity index (χ1n) is 6.08. The van der Waals surface area contributed by atoms with Crippen molar-refractivity contribution in [2.24, 2.45) is 0 Å². The predicted molar refractivity (Wildman–Crippen MR) is 75.3 cm³/mol. The van der Waals surface area contributed by atoms with Gasteiger partial charge in [0, 0.05) is 22.3 Å². The quantitative estimate of drug-likeness (QED) is 0.918. The summed E-state index contributed by atoms with van der Waals surface area (Å²) in [6, 6.07) is 0. The standard InChI is InChI=1S/C13H15N3O3S/c1-7-11(4-12(17)18)8(2)16(13(19)14-7)5-10-6-20-9(3)15-10/h6H,4-5H2,1-3H3,(H,17,18). The van der Waals surface area contributed by atoms with Gasteiger partial charge in [0.15, 0.2) is 0 Å². The molecule has 2 heterocycles. The summed E-state index contributed by atoms with van der Waals surface area (Å²) in [6.45, 7) is 5.61. The number of nitrogens with zero attached hydrogens (tertiary/aromatic N) is 3. The third-order valence-electron chi connectivity index (χ3n) is 3.09. The van der Waals surface area contributed by atoms with Crippen molar-refractivity contribution in [3.8, 4) is 0 Å². The Morgan fingerprint density at radius 2 is 2.05 bits per heavy atom. The van der Waals surface area contributed by atoms with Gasteiger partial charge >= 0.3 is 11.7 Å². The van der Waals surface area contributed by atoms with Crippen molar-refractivity contribution in [1.82, 2.24) is 14.5 Å². The van der Waals surface area contributed by atoms with Gasteiger partial charge in [-0.3, -0.25) is 9.36 Å². The summed E-state index contributed by atoms with van der Waals surface area (Å²) >= 11 is 1.51. The Morgan fingerprint density at radius 3 is 2.60 bits per heavy atom. The molecule has 2 rings (SSSR count). The van der Waals surface area contributed by atoms with Gasteiger partial charge in [-0.05, 0) is 20.8 Å². The van der Waals surface area contributed by atoms with E-state index in [9.17, 15) is 9.59 Å². The second-order valence-electron chi connectivity index (χ2n) is 4.56. The van der Waals surface area contributed by atoms with Crippen molar-refractivity contribution in [3.63, 3.8) is 0 Å². The van der Waals surface area contributed by atoms with Gasteiger partial charge in [0.25, 0.3) is 0 Å². The molecule has 0 aliphatic carbocycles. The van der Waals surface area contributed by atoms with Crippen LogP contribution in [0.3, 0.4) is 0 Å². The highest BCUT2D eigenvalue weighted by Gasteiger charge is 2.15. The first kappa shape index (κ1) is 14.4. The third-order valence-corrected chi connectivity index (χ3v) is 3.91. The van der Waals surface area contributed by atoms with Crippen molar-refractivity contribution in [2.75, 3.05) is 0 Å². The van der Waals surface area contributed by atoms with Gasteiger partial charge in [0.05, 0.1) is 23.7 Å². The highest BCUT2D eigenvalue weighted by Crippen LogP contribution is 2.13. The smallest absolute Gasteiger partial charge is 0.348 e. The summed E-state index contributed by atoms with van der Waals surface area (Å²) in [4.78, 5) is 31.1. The minimum absolute atomic E-state index is 0.138. The van der Waals surface area contributed by atoms with Crippen molar-refractivity contribution >= 4 is 17.3 Å². The van der Waals surface area contributed by atoms with E-state index >= 15 is 0 Å². The summed E-state index contributed by atoms with van der Waals surface area (Å²) in [7, 11) is 0. The number of carbonyl (C=O) groups is 1. The van der Waals surface area contributed by atoms with Crippen molar-refractivity contribution in [3.05, 3.63) is 43.5 Å². The van der Waals surface area contributed by atoms with E-state index in [0.717, 1.165) is 10.7 Å². The molecule has 1 N–H and O–H groups in total. The maximum atomic E-state index is 12.0. The zero-order chi connectivity index (χ0) is 14.9. The molecule has 2 aromatic heterocycles. The second-order valence-corrected chi connectivity index (χ2v) is 5.62. The third kappa shape index (κ3) is 2.93. The van der Waals surface area contributed by atoms with E-state index in [1.54, 1.807) is 13.8 Å². The number of carboxylic acids is 1. The number of thiazole rings is 1. The van der Waals surface area contributed by atoms with Crippen LogP contribution in [0.1, 0.15) is 27.7 Å². The largest absolute Gasteiger partial charge is 0.481 e. The number of rotatable bonds is 4. The Labute approximate surface area is 119 Å². The number of aromatic nitrogens is 3. The summed E-state index contributed by atoms with van der Waals surface area (Å²) < 4.78 is 1.47. The maximum Gasteiger partial charge on any atom is 0.348 e. The lowest BCUT2D eigenvalue weighted by molar-refractivity contribution is -0.136. The topological polar surface area (TPSA) is 85.1 Å². The first-order valence-corrected chi connectivity index (χ1v) is 6.96. The Hall–Kier alpha value is -2.02. The molecule has 0 radical (unpaired) electrons. The van der Waals surface area contributed by atoms with Gasteiger partial charge in [0.1, 0.15) is 0 Å². The zero-order valence-electron chi connectivity index (χ0n) is 11.5. The second kappa shape index (κ2) is 5.54. The van der Waals surface area contributed by atoms with E-state index in [2.05, 4.69) is 9.97 Å². The van der Waals surface area contributed by atoms with Crippen LogP contribution < -0.4 is 5.69 Å². The Bertz CT molecular complexity index is 718. The molecule has 0 spiro atoms.